The molecule has 1 aromatic heterocycles. The van der Waals surface area contributed by atoms with Crippen molar-refractivity contribution in [2.24, 2.45) is 0 Å². The molecule has 0 unspecified atom stereocenters. The zero-order valence-corrected chi connectivity index (χ0v) is 34.7. The van der Waals surface area contributed by atoms with Gasteiger partial charge in [-0.25, -0.2) is 9.97 Å². The Bertz CT molecular complexity index is 3330. The third kappa shape index (κ3) is 5.44. The molecule has 2 nitrogen and oxygen atoms in total. The minimum absolute atomic E-state index is 0.154. The van der Waals surface area contributed by atoms with Crippen LogP contribution in [0.2, 0.25) is 0 Å². The number of hydrogen-bond donors (Lipinski definition) is 0. The lowest BCUT2D eigenvalue weighted by atomic mass is 9.54. The predicted molar refractivity (Wildman–Crippen MR) is 253 cm³/mol. The van der Waals surface area contributed by atoms with Gasteiger partial charge in [-0.05, 0) is 90.3 Å². The summed E-state index contributed by atoms with van der Waals surface area (Å²) in [4.78, 5) is 13.2. The Hall–Kier alpha value is -7.07. The molecule has 1 aliphatic heterocycles. The minimum atomic E-state index is -0.484. The van der Waals surface area contributed by atoms with Crippen molar-refractivity contribution in [1.29, 1.82) is 0 Å². The van der Waals surface area contributed by atoms with E-state index in [1.807, 2.05) is 11.8 Å². The van der Waals surface area contributed by atoms with Crippen LogP contribution in [-0.4, -0.2) is 9.97 Å². The highest BCUT2D eigenvalue weighted by Crippen LogP contribution is 2.62. The van der Waals surface area contributed by atoms with Crippen LogP contribution in [-0.2, 0) is 10.8 Å². The summed E-state index contributed by atoms with van der Waals surface area (Å²) in [5.41, 5.74) is 14.7. The summed E-state index contributed by atoms with van der Waals surface area (Å²) >= 11 is 1.89. The zero-order valence-electron chi connectivity index (χ0n) is 33.9. The van der Waals surface area contributed by atoms with Crippen molar-refractivity contribution in [2.45, 2.75) is 34.5 Å². The molecule has 0 saturated carbocycles. The van der Waals surface area contributed by atoms with Crippen LogP contribution in [0.5, 0.6) is 0 Å². The van der Waals surface area contributed by atoms with Crippen molar-refractivity contribution in [3.63, 3.8) is 0 Å². The molecule has 1 spiro atoms. The molecule has 0 saturated heterocycles. The zero-order chi connectivity index (χ0) is 40.7. The third-order valence-electron chi connectivity index (χ3n) is 13.2. The Labute approximate surface area is 360 Å². The summed E-state index contributed by atoms with van der Waals surface area (Å²) in [5, 5.41) is 4.93. The standard InChI is InChI=1S/C58H40N2S/c1-57(2)46-23-8-10-25-48(46)58(49-26-11-9-24-47(49)57)50-27-12-13-29-54(50)61-55-45(22-15-28-51(55)58)39-19-14-20-42(35-39)56-59-52(38-17-4-3-5-18-38)36-53(60-56)41-32-33-44-40(34-41)31-30-37-16-6-7-21-43(37)44/h3-36H,1-2H3. The van der Waals surface area contributed by atoms with Crippen LogP contribution in [0.3, 0.4) is 0 Å². The normalized spacial score (nSPS) is 14.3. The molecular weight excluding hydrogens is 757 g/mol. The summed E-state index contributed by atoms with van der Waals surface area (Å²) in [7, 11) is 0. The second-order valence-corrected chi connectivity index (χ2v) is 17.9. The van der Waals surface area contributed by atoms with E-state index in [0.29, 0.717) is 5.82 Å². The van der Waals surface area contributed by atoms with Gasteiger partial charge in [0.15, 0.2) is 5.82 Å². The predicted octanol–water partition coefficient (Wildman–Crippen LogP) is 14.9. The van der Waals surface area contributed by atoms with Gasteiger partial charge in [-0.1, -0.05) is 208 Å². The highest BCUT2D eigenvalue weighted by molar-refractivity contribution is 7.99. The number of hydrogen-bond acceptors (Lipinski definition) is 3. The first-order valence-electron chi connectivity index (χ1n) is 21.1. The van der Waals surface area contributed by atoms with E-state index in [0.717, 1.165) is 33.6 Å². The van der Waals surface area contributed by atoms with Crippen LogP contribution in [0.4, 0.5) is 0 Å². The van der Waals surface area contributed by atoms with Crippen LogP contribution in [0, 0.1) is 0 Å². The van der Waals surface area contributed by atoms with Crippen molar-refractivity contribution >= 4 is 33.3 Å². The van der Waals surface area contributed by atoms with Gasteiger partial charge in [0.1, 0.15) is 0 Å². The van der Waals surface area contributed by atoms with E-state index in [-0.39, 0.29) is 5.41 Å². The first kappa shape index (κ1) is 35.8. The molecule has 0 atom stereocenters. The van der Waals surface area contributed by atoms with Crippen molar-refractivity contribution in [3.05, 3.63) is 240 Å². The van der Waals surface area contributed by atoms with Crippen LogP contribution < -0.4 is 0 Å². The molecular formula is C58H40N2S. The van der Waals surface area contributed by atoms with E-state index in [4.69, 9.17) is 9.97 Å². The van der Waals surface area contributed by atoms with E-state index in [1.54, 1.807) is 0 Å². The number of nitrogens with zero attached hydrogens (tertiary/aromatic N) is 2. The summed E-state index contributed by atoms with van der Waals surface area (Å²) in [6.07, 6.45) is 0. The average molecular weight is 797 g/mol. The van der Waals surface area contributed by atoms with Crippen LogP contribution >= 0.6 is 11.8 Å². The highest BCUT2D eigenvalue weighted by Gasteiger charge is 2.52. The van der Waals surface area contributed by atoms with Crippen molar-refractivity contribution in [1.82, 2.24) is 9.97 Å². The smallest absolute Gasteiger partial charge is 0.160 e. The molecule has 12 rings (SSSR count). The van der Waals surface area contributed by atoms with Crippen molar-refractivity contribution in [2.75, 3.05) is 0 Å². The lowest BCUT2D eigenvalue weighted by molar-refractivity contribution is 0.549. The summed E-state index contributed by atoms with van der Waals surface area (Å²) in [6, 6.07) is 75.5. The van der Waals surface area contributed by atoms with Gasteiger partial charge in [-0.2, -0.15) is 0 Å². The van der Waals surface area contributed by atoms with Crippen LogP contribution in [0.25, 0.3) is 66.6 Å². The molecule has 10 aromatic rings. The molecule has 288 valence electrons. The Morgan fingerprint density at radius 3 is 1.74 bits per heavy atom. The summed E-state index contributed by atoms with van der Waals surface area (Å²) in [5.74, 6) is 0.702. The van der Waals surface area contributed by atoms with E-state index in [2.05, 4.69) is 220 Å². The number of rotatable bonds is 4. The quantitative estimate of drug-likeness (QED) is 0.166. The maximum absolute atomic E-state index is 5.34. The SMILES string of the molecule is CC1(C)c2ccccc2C2(c3ccccc3Sc3c(-c4cccc(-c5nc(-c6ccccc6)cc(-c6ccc7c(ccc8ccccc87)c6)n5)c4)cccc32)c2ccccc21. The number of fused-ring (bicyclic) bond motifs is 11. The Morgan fingerprint density at radius 2 is 0.951 bits per heavy atom. The summed E-state index contributed by atoms with van der Waals surface area (Å²) in [6.45, 7) is 4.76. The fraction of sp³-hybridized carbons (Fsp3) is 0.0690. The summed E-state index contributed by atoms with van der Waals surface area (Å²) < 4.78 is 0. The third-order valence-corrected chi connectivity index (χ3v) is 14.4. The van der Waals surface area contributed by atoms with E-state index in [9.17, 15) is 0 Å². The van der Waals surface area contributed by atoms with Gasteiger partial charge in [0.25, 0.3) is 0 Å². The maximum Gasteiger partial charge on any atom is 0.160 e. The molecule has 0 fully saturated rings. The van der Waals surface area contributed by atoms with Gasteiger partial charge in [-0.15, -0.1) is 0 Å². The number of benzene rings is 9. The molecule has 0 bridgehead atoms. The molecule has 0 N–H and O–H groups in total. The van der Waals surface area contributed by atoms with Gasteiger partial charge >= 0.3 is 0 Å². The van der Waals surface area contributed by atoms with Crippen molar-refractivity contribution < 1.29 is 0 Å². The number of aromatic nitrogens is 2. The lowest BCUT2D eigenvalue weighted by Crippen LogP contribution is -2.43. The Morgan fingerprint density at radius 1 is 0.377 bits per heavy atom. The fourth-order valence-corrected chi connectivity index (χ4v) is 11.7. The molecule has 2 heterocycles. The van der Waals surface area contributed by atoms with Gasteiger partial charge in [-0.3, -0.25) is 0 Å². The molecule has 0 amide bonds. The Kier molecular flexibility index (Phi) is 8.07. The highest BCUT2D eigenvalue weighted by atomic mass is 32.2. The minimum Gasteiger partial charge on any atom is -0.228 e. The van der Waals surface area contributed by atoms with Gasteiger partial charge < -0.3 is 0 Å². The second-order valence-electron chi connectivity index (χ2n) is 16.9. The van der Waals surface area contributed by atoms with E-state index in [1.165, 1.54) is 70.3 Å². The molecule has 9 aromatic carbocycles. The average Bonchev–Trinajstić information content (AvgIpc) is 3.33. The van der Waals surface area contributed by atoms with E-state index >= 15 is 0 Å². The first-order chi connectivity index (χ1) is 30.0. The lowest BCUT2D eigenvalue weighted by Gasteiger charge is -2.50. The van der Waals surface area contributed by atoms with Crippen LogP contribution in [0.1, 0.15) is 47.2 Å². The maximum atomic E-state index is 5.34. The van der Waals surface area contributed by atoms with E-state index < -0.39 is 5.41 Å². The van der Waals surface area contributed by atoms with Gasteiger partial charge in [0.05, 0.1) is 16.8 Å². The molecule has 1 aliphatic carbocycles. The topological polar surface area (TPSA) is 25.8 Å². The van der Waals surface area contributed by atoms with Gasteiger partial charge in [0.2, 0.25) is 0 Å². The second kappa shape index (κ2) is 13.7. The first-order valence-corrected chi connectivity index (χ1v) is 21.9. The largest absolute Gasteiger partial charge is 0.228 e. The molecule has 3 heteroatoms. The van der Waals surface area contributed by atoms with Gasteiger partial charge in [0, 0.05) is 31.9 Å². The molecule has 2 aliphatic rings. The molecule has 0 radical (unpaired) electrons. The Balaban J connectivity index is 1.04. The fourth-order valence-electron chi connectivity index (χ4n) is 10.4. The molecule has 61 heavy (non-hydrogen) atoms. The monoisotopic (exact) mass is 796 g/mol. The van der Waals surface area contributed by atoms with Crippen LogP contribution in [0.15, 0.2) is 216 Å². The van der Waals surface area contributed by atoms with Crippen molar-refractivity contribution in [3.8, 4) is 45.0 Å².